The number of nitrogens with zero attached hydrogens (tertiary/aromatic N) is 1. The van der Waals surface area contributed by atoms with Crippen molar-refractivity contribution >= 4 is 17.6 Å². The van der Waals surface area contributed by atoms with Gasteiger partial charge < -0.3 is 24.8 Å². The van der Waals surface area contributed by atoms with Gasteiger partial charge in [-0.3, -0.25) is 14.4 Å². The molecule has 0 fully saturated rings. The first-order valence-electron chi connectivity index (χ1n) is 10.1. The molecule has 1 unspecified atom stereocenters. The highest BCUT2D eigenvalue weighted by molar-refractivity contribution is 6.02. The molecule has 2 aromatic carbocycles. The van der Waals surface area contributed by atoms with Gasteiger partial charge in [-0.1, -0.05) is 12.1 Å². The highest BCUT2D eigenvalue weighted by atomic mass is 16.5. The van der Waals surface area contributed by atoms with Crippen LogP contribution in [0.2, 0.25) is 0 Å². The third-order valence-corrected chi connectivity index (χ3v) is 4.94. The van der Waals surface area contributed by atoms with Crippen molar-refractivity contribution in [2.24, 2.45) is 5.73 Å². The molecule has 0 bridgehead atoms. The highest BCUT2D eigenvalue weighted by Gasteiger charge is 2.26. The summed E-state index contributed by atoms with van der Waals surface area (Å²) in [5.74, 6) is 0.316. The molecule has 3 rings (SSSR count). The smallest absolute Gasteiger partial charge is 0.260 e. The lowest BCUT2D eigenvalue weighted by molar-refractivity contribution is -0.129. The zero-order chi connectivity index (χ0) is 22.4. The van der Waals surface area contributed by atoms with Crippen LogP contribution < -0.4 is 15.2 Å². The van der Waals surface area contributed by atoms with Crippen LogP contribution in [0.3, 0.4) is 0 Å². The molecule has 8 nitrogen and oxygen atoms in total. The van der Waals surface area contributed by atoms with Crippen LogP contribution in [0.25, 0.3) is 0 Å². The monoisotopic (exact) mass is 426 g/mol. The van der Waals surface area contributed by atoms with Gasteiger partial charge in [-0.15, -0.1) is 0 Å². The predicted octanol–water partition coefficient (Wildman–Crippen LogP) is 2.19. The Balaban J connectivity index is 1.53. The number of hydrogen-bond donors (Lipinski definition) is 1. The Bertz CT molecular complexity index is 957. The number of nitrogens with two attached hydrogens (primary N) is 1. The minimum atomic E-state index is -0.659. The van der Waals surface area contributed by atoms with Gasteiger partial charge in [0.1, 0.15) is 24.2 Å². The molecule has 1 heterocycles. The summed E-state index contributed by atoms with van der Waals surface area (Å²) in [6.45, 7) is 4.41. The van der Waals surface area contributed by atoms with E-state index in [0.717, 1.165) is 5.56 Å². The Kier molecular flexibility index (Phi) is 7.25. The number of hydrogen-bond acceptors (Lipinski definition) is 6. The van der Waals surface area contributed by atoms with Crippen LogP contribution in [-0.4, -0.2) is 55.1 Å². The first-order valence-corrected chi connectivity index (χ1v) is 10.1. The maximum atomic E-state index is 12.7. The molecule has 2 N–H and O–H groups in total. The molecule has 0 saturated heterocycles. The maximum Gasteiger partial charge on any atom is 0.260 e. The van der Waals surface area contributed by atoms with Gasteiger partial charge in [-0.25, -0.2) is 0 Å². The molecule has 1 atom stereocenters. The Morgan fingerprint density at radius 2 is 1.94 bits per heavy atom. The molecule has 0 aromatic heterocycles. The molecule has 0 spiro atoms. The summed E-state index contributed by atoms with van der Waals surface area (Å²) in [6, 6.07) is 12.1. The fraction of sp³-hybridized carbons (Fsp3) is 0.348. The van der Waals surface area contributed by atoms with Crippen molar-refractivity contribution in [3.63, 3.8) is 0 Å². The van der Waals surface area contributed by atoms with E-state index in [0.29, 0.717) is 42.2 Å². The van der Waals surface area contributed by atoms with Crippen LogP contribution in [-0.2, 0) is 16.0 Å². The Labute approximate surface area is 180 Å². The number of rotatable bonds is 10. The zero-order valence-electron chi connectivity index (χ0n) is 17.6. The molecule has 1 aliphatic heterocycles. The second-order valence-electron chi connectivity index (χ2n) is 7.15. The predicted molar refractivity (Wildman–Crippen MR) is 113 cm³/mol. The first kappa shape index (κ1) is 22.3. The van der Waals surface area contributed by atoms with Crippen molar-refractivity contribution < 1.29 is 28.6 Å². The second-order valence-corrected chi connectivity index (χ2v) is 7.15. The fourth-order valence-electron chi connectivity index (χ4n) is 3.24. The van der Waals surface area contributed by atoms with Crippen LogP contribution in [0.5, 0.6) is 11.5 Å². The number of carbonyl (C=O) groups is 3. The minimum absolute atomic E-state index is 0.108. The summed E-state index contributed by atoms with van der Waals surface area (Å²) in [5.41, 5.74) is 7.10. The van der Waals surface area contributed by atoms with Gasteiger partial charge in [0.15, 0.2) is 12.5 Å². The number of ketones is 1. The number of ether oxygens (including phenoxy) is 3. The lowest BCUT2D eigenvalue weighted by Crippen LogP contribution is -2.41. The Morgan fingerprint density at radius 3 is 2.58 bits per heavy atom. The maximum absolute atomic E-state index is 12.7. The summed E-state index contributed by atoms with van der Waals surface area (Å²) >= 11 is 0. The summed E-state index contributed by atoms with van der Waals surface area (Å²) in [6.07, 6.45) is -0.265. The number of Topliss-reactive ketones (excluding diaryl/α,β-unsaturated/α-hetero) is 1. The van der Waals surface area contributed by atoms with Crippen LogP contribution in [0.15, 0.2) is 42.5 Å². The quantitative estimate of drug-likeness (QED) is 0.584. The molecular formula is C23H26N2O6. The fourth-order valence-corrected chi connectivity index (χ4v) is 3.24. The third kappa shape index (κ3) is 5.61. The van der Waals surface area contributed by atoms with Crippen molar-refractivity contribution in [1.29, 1.82) is 0 Å². The van der Waals surface area contributed by atoms with E-state index in [2.05, 4.69) is 0 Å². The Morgan fingerprint density at radius 1 is 1.19 bits per heavy atom. The molecule has 31 heavy (non-hydrogen) atoms. The van der Waals surface area contributed by atoms with Gasteiger partial charge in [-0.2, -0.15) is 0 Å². The molecule has 0 saturated carbocycles. The number of benzene rings is 2. The summed E-state index contributed by atoms with van der Waals surface area (Å²) in [5, 5.41) is 0. The SMILES string of the molecule is CCOC(Cc1ccc(OCCN2COc3ccc(C(C)=O)cc3C2=O)cc1)C(N)=O. The Hall–Kier alpha value is -3.39. The average molecular weight is 426 g/mol. The topological polar surface area (TPSA) is 108 Å². The van der Waals surface area contributed by atoms with Crippen molar-refractivity contribution in [1.82, 2.24) is 4.90 Å². The van der Waals surface area contributed by atoms with E-state index >= 15 is 0 Å². The second kappa shape index (κ2) is 10.1. The van der Waals surface area contributed by atoms with Gasteiger partial charge in [-0.05, 0) is 49.7 Å². The molecule has 2 aromatic rings. The standard InChI is InChI=1S/C23H26N2O6/c1-3-29-21(22(24)27)12-16-4-7-18(8-5-16)30-11-10-25-14-31-20-9-6-17(15(2)26)13-19(20)23(25)28/h4-9,13,21H,3,10-12,14H2,1-2H3,(H2,24,27). The normalized spacial score (nSPS) is 13.9. The van der Waals surface area contributed by atoms with E-state index in [-0.39, 0.29) is 25.0 Å². The number of primary amides is 1. The number of amides is 2. The van der Waals surface area contributed by atoms with E-state index in [1.807, 2.05) is 19.1 Å². The van der Waals surface area contributed by atoms with Gasteiger partial charge >= 0.3 is 0 Å². The van der Waals surface area contributed by atoms with Crippen molar-refractivity contribution in [3.05, 3.63) is 59.2 Å². The molecular weight excluding hydrogens is 400 g/mol. The first-order chi connectivity index (χ1) is 14.9. The van der Waals surface area contributed by atoms with Crippen LogP contribution in [0.1, 0.15) is 40.1 Å². The molecule has 2 amide bonds. The summed E-state index contributed by atoms with van der Waals surface area (Å²) in [4.78, 5) is 37.2. The van der Waals surface area contributed by atoms with Crippen LogP contribution in [0, 0.1) is 0 Å². The average Bonchev–Trinajstić information content (AvgIpc) is 2.76. The van der Waals surface area contributed by atoms with E-state index < -0.39 is 12.0 Å². The molecule has 0 radical (unpaired) electrons. The third-order valence-electron chi connectivity index (χ3n) is 4.94. The van der Waals surface area contributed by atoms with Crippen molar-refractivity contribution in [3.8, 4) is 11.5 Å². The van der Waals surface area contributed by atoms with Crippen LogP contribution in [0.4, 0.5) is 0 Å². The molecule has 8 heteroatoms. The van der Waals surface area contributed by atoms with E-state index in [1.54, 1.807) is 30.3 Å². The van der Waals surface area contributed by atoms with Crippen molar-refractivity contribution in [2.75, 3.05) is 26.5 Å². The van der Waals surface area contributed by atoms with Gasteiger partial charge in [0.05, 0.1) is 12.1 Å². The molecule has 164 valence electrons. The number of fused-ring (bicyclic) bond motifs is 1. The molecule has 1 aliphatic rings. The summed E-state index contributed by atoms with van der Waals surface area (Å²) < 4.78 is 16.7. The van der Waals surface area contributed by atoms with Crippen molar-refractivity contribution in [2.45, 2.75) is 26.4 Å². The largest absolute Gasteiger partial charge is 0.492 e. The van der Waals surface area contributed by atoms with Gasteiger partial charge in [0, 0.05) is 18.6 Å². The van der Waals surface area contributed by atoms with E-state index in [4.69, 9.17) is 19.9 Å². The lowest BCUT2D eigenvalue weighted by Gasteiger charge is -2.28. The minimum Gasteiger partial charge on any atom is -0.492 e. The zero-order valence-corrected chi connectivity index (χ0v) is 17.6. The van der Waals surface area contributed by atoms with Gasteiger partial charge in [0.25, 0.3) is 5.91 Å². The number of carbonyl (C=O) groups excluding carboxylic acids is 3. The van der Waals surface area contributed by atoms with Crippen LogP contribution >= 0.6 is 0 Å². The molecule has 0 aliphatic carbocycles. The lowest BCUT2D eigenvalue weighted by atomic mass is 10.1. The highest BCUT2D eigenvalue weighted by Crippen LogP contribution is 2.26. The van der Waals surface area contributed by atoms with Gasteiger partial charge in [0.2, 0.25) is 5.91 Å². The van der Waals surface area contributed by atoms with E-state index in [1.165, 1.54) is 11.8 Å². The summed E-state index contributed by atoms with van der Waals surface area (Å²) in [7, 11) is 0. The van der Waals surface area contributed by atoms with E-state index in [9.17, 15) is 14.4 Å².